The second kappa shape index (κ2) is 2.85. The number of halogens is 1. The number of hydrogen-bond donors (Lipinski definition) is 2. The smallest absolute Gasteiger partial charge is 0.266 e. The van der Waals surface area contributed by atoms with Crippen molar-refractivity contribution in [2.45, 2.75) is 0 Å². The summed E-state index contributed by atoms with van der Waals surface area (Å²) in [5.74, 6) is -0.770. The quantitative estimate of drug-likeness (QED) is 0.713. The number of aromatic nitrogens is 1. The monoisotopic (exact) mass is 240 g/mol. The molecular formula is C8H5BrN2O2. The Morgan fingerprint density at radius 1 is 1.23 bits per heavy atom. The lowest BCUT2D eigenvalue weighted by Crippen LogP contribution is -2.22. The summed E-state index contributed by atoms with van der Waals surface area (Å²) in [6.07, 6.45) is 1.69. The average Bonchev–Trinajstić information content (AvgIpc) is 2.63. The van der Waals surface area contributed by atoms with Gasteiger partial charge in [0, 0.05) is 6.20 Å². The zero-order chi connectivity index (χ0) is 9.42. The number of carbonyl (C=O) groups excluding carboxylic acids is 2. The first kappa shape index (κ1) is 8.25. The summed E-state index contributed by atoms with van der Waals surface area (Å²) < 4.78 is 0.278. The number of amides is 2. The lowest BCUT2D eigenvalue weighted by molar-refractivity contribution is -0.123. The normalized spacial score (nSPS) is 16.7. The van der Waals surface area contributed by atoms with Gasteiger partial charge in [0.1, 0.15) is 0 Å². The van der Waals surface area contributed by atoms with Gasteiger partial charge in [0.25, 0.3) is 11.8 Å². The van der Waals surface area contributed by atoms with E-state index in [4.69, 9.17) is 0 Å². The fourth-order valence-corrected chi connectivity index (χ4v) is 1.65. The minimum absolute atomic E-state index is 0.278. The number of H-pyrrole nitrogens is 1. The van der Waals surface area contributed by atoms with Gasteiger partial charge in [-0.2, -0.15) is 0 Å². The summed E-state index contributed by atoms with van der Waals surface area (Å²) in [7, 11) is 0. The molecule has 1 aromatic heterocycles. The van der Waals surface area contributed by atoms with Crippen molar-refractivity contribution in [3.8, 4) is 0 Å². The molecule has 1 aliphatic heterocycles. The Morgan fingerprint density at radius 2 is 2.00 bits per heavy atom. The molecule has 0 atom stereocenters. The maximum atomic E-state index is 11.3. The van der Waals surface area contributed by atoms with E-state index in [0.717, 1.165) is 0 Å². The highest BCUT2D eigenvalue weighted by Gasteiger charge is 2.29. The third-order valence-electron chi connectivity index (χ3n) is 1.74. The minimum Gasteiger partial charge on any atom is -0.361 e. The van der Waals surface area contributed by atoms with E-state index in [0.29, 0.717) is 11.3 Å². The molecule has 0 radical (unpaired) electrons. The average molecular weight is 241 g/mol. The number of nitrogens with one attached hydrogen (secondary N) is 2. The van der Waals surface area contributed by atoms with E-state index in [1.165, 1.54) is 0 Å². The van der Waals surface area contributed by atoms with Gasteiger partial charge in [-0.15, -0.1) is 0 Å². The van der Waals surface area contributed by atoms with Gasteiger partial charge in [0.2, 0.25) is 0 Å². The molecule has 2 N–H and O–H groups in total. The Morgan fingerprint density at radius 3 is 2.46 bits per heavy atom. The van der Waals surface area contributed by atoms with E-state index < -0.39 is 5.91 Å². The third-order valence-corrected chi connectivity index (χ3v) is 2.50. The molecular weight excluding hydrogens is 236 g/mol. The lowest BCUT2D eigenvalue weighted by Gasteiger charge is -1.94. The number of aromatic amines is 1. The molecule has 1 aromatic rings. The van der Waals surface area contributed by atoms with Crippen LogP contribution in [0.4, 0.5) is 0 Å². The third kappa shape index (κ3) is 1.21. The van der Waals surface area contributed by atoms with Crippen molar-refractivity contribution in [3.63, 3.8) is 0 Å². The van der Waals surface area contributed by atoms with Crippen LogP contribution in [-0.4, -0.2) is 16.8 Å². The van der Waals surface area contributed by atoms with Gasteiger partial charge in [-0.05, 0) is 28.1 Å². The van der Waals surface area contributed by atoms with Gasteiger partial charge in [-0.25, -0.2) is 0 Å². The Kier molecular flexibility index (Phi) is 1.81. The molecule has 1 aliphatic rings. The van der Waals surface area contributed by atoms with Crippen LogP contribution in [0.5, 0.6) is 0 Å². The van der Waals surface area contributed by atoms with Gasteiger partial charge >= 0.3 is 0 Å². The van der Waals surface area contributed by atoms with Crippen LogP contribution >= 0.6 is 15.9 Å². The topological polar surface area (TPSA) is 62.0 Å². The molecule has 2 rings (SSSR count). The van der Waals surface area contributed by atoms with E-state index in [2.05, 4.69) is 26.2 Å². The molecule has 0 aliphatic carbocycles. The largest absolute Gasteiger partial charge is 0.361 e. The number of carbonyl (C=O) groups is 2. The van der Waals surface area contributed by atoms with Crippen molar-refractivity contribution in [3.05, 3.63) is 28.5 Å². The first-order valence-corrected chi connectivity index (χ1v) is 4.38. The van der Waals surface area contributed by atoms with Crippen molar-refractivity contribution in [2.75, 3.05) is 0 Å². The molecule has 4 nitrogen and oxygen atoms in total. The Bertz CT molecular complexity index is 406. The predicted octanol–water partition coefficient (Wildman–Crippen LogP) is 0.777. The zero-order valence-electron chi connectivity index (χ0n) is 6.43. The second-order valence-corrected chi connectivity index (χ2v) is 3.35. The van der Waals surface area contributed by atoms with Crippen molar-refractivity contribution in [2.24, 2.45) is 0 Å². The van der Waals surface area contributed by atoms with Gasteiger partial charge in [0.05, 0.1) is 15.7 Å². The summed E-state index contributed by atoms with van der Waals surface area (Å²) in [6, 6.07) is 3.49. The van der Waals surface area contributed by atoms with E-state index in [-0.39, 0.29) is 10.4 Å². The van der Waals surface area contributed by atoms with Crippen molar-refractivity contribution >= 4 is 33.3 Å². The molecule has 2 amide bonds. The highest BCUT2D eigenvalue weighted by Crippen LogP contribution is 2.26. The van der Waals surface area contributed by atoms with Crippen LogP contribution in [-0.2, 0) is 9.59 Å². The van der Waals surface area contributed by atoms with E-state index in [9.17, 15) is 9.59 Å². The second-order valence-electron chi connectivity index (χ2n) is 2.56. The van der Waals surface area contributed by atoms with Crippen LogP contribution in [0.3, 0.4) is 0 Å². The van der Waals surface area contributed by atoms with Crippen LogP contribution in [0.15, 0.2) is 22.8 Å². The molecule has 0 saturated heterocycles. The fraction of sp³-hybridized carbons (Fsp3) is 0. The molecule has 5 heteroatoms. The number of rotatable bonds is 1. The zero-order valence-corrected chi connectivity index (χ0v) is 8.01. The van der Waals surface area contributed by atoms with Gasteiger partial charge in [0.15, 0.2) is 0 Å². The van der Waals surface area contributed by atoms with Gasteiger partial charge < -0.3 is 4.98 Å². The van der Waals surface area contributed by atoms with Crippen molar-refractivity contribution in [1.82, 2.24) is 10.3 Å². The molecule has 0 fully saturated rings. The lowest BCUT2D eigenvalue weighted by atomic mass is 10.2. The highest BCUT2D eigenvalue weighted by atomic mass is 79.9. The summed E-state index contributed by atoms with van der Waals surface area (Å²) in [4.78, 5) is 25.2. The standard InChI is InChI=1S/C8H5BrN2O2/c9-6-5(4-2-1-3-10-4)7(12)11-8(6)13/h1-3,10H,(H,11,12,13). The minimum atomic E-state index is -0.394. The molecule has 0 aromatic carbocycles. The van der Waals surface area contributed by atoms with Crippen LogP contribution in [0.1, 0.15) is 5.69 Å². The van der Waals surface area contributed by atoms with E-state index >= 15 is 0 Å². The number of hydrogen-bond acceptors (Lipinski definition) is 2. The van der Waals surface area contributed by atoms with Crippen molar-refractivity contribution < 1.29 is 9.59 Å². The molecule has 13 heavy (non-hydrogen) atoms. The summed E-state index contributed by atoms with van der Waals surface area (Å²) in [5, 5.41) is 2.19. The summed E-state index contributed by atoms with van der Waals surface area (Å²) >= 11 is 3.06. The SMILES string of the molecule is O=C1NC(=O)C(c2ccc[nH]2)=C1Br. The summed E-state index contributed by atoms with van der Waals surface area (Å²) in [6.45, 7) is 0. The van der Waals surface area contributed by atoms with Crippen LogP contribution in [0.2, 0.25) is 0 Å². The molecule has 2 heterocycles. The first-order valence-electron chi connectivity index (χ1n) is 3.59. The maximum Gasteiger partial charge on any atom is 0.266 e. The Balaban J connectivity index is 2.54. The molecule has 0 spiro atoms. The molecule has 66 valence electrons. The van der Waals surface area contributed by atoms with Gasteiger partial charge in [-0.1, -0.05) is 0 Å². The predicted molar refractivity (Wildman–Crippen MR) is 49.8 cm³/mol. The Hall–Kier alpha value is -1.36. The molecule has 0 unspecified atom stereocenters. The van der Waals surface area contributed by atoms with Gasteiger partial charge in [-0.3, -0.25) is 14.9 Å². The summed E-state index contributed by atoms with van der Waals surface area (Å²) in [5.41, 5.74) is 0.991. The van der Waals surface area contributed by atoms with E-state index in [1.54, 1.807) is 18.3 Å². The highest BCUT2D eigenvalue weighted by molar-refractivity contribution is 9.12. The van der Waals surface area contributed by atoms with Crippen LogP contribution in [0, 0.1) is 0 Å². The fourth-order valence-electron chi connectivity index (χ4n) is 1.16. The number of imide groups is 1. The molecule has 0 bridgehead atoms. The molecule has 0 saturated carbocycles. The van der Waals surface area contributed by atoms with E-state index in [1.807, 2.05) is 0 Å². The first-order chi connectivity index (χ1) is 6.20. The van der Waals surface area contributed by atoms with Crippen LogP contribution in [0.25, 0.3) is 5.57 Å². The van der Waals surface area contributed by atoms with Crippen LogP contribution < -0.4 is 5.32 Å². The Labute approximate surface area is 82.1 Å². The maximum absolute atomic E-state index is 11.3. The van der Waals surface area contributed by atoms with Crippen molar-refractivity contribution in [1.29, 1.82) is 0 Å².